The molecule has 0 radical (unpaired) electrons. The van der Waals surface area contributed by atoms with Gasteiger partial charge in [0, 0.05) is 6.21 Å². The molecule has 2 N–H and O–H groups in total. The van der Waals surface area contributed by atoms with Crippen molar-refractivity contribution in [2.45, 2.75) is 6.54 Å². The van der Waals surface area contributed by atoms with Crippen LogP contribution in [0.5, 0.6) is 11.6 Å². The van der Waals surface area contributed by atoms with Crippen LogP contribution in [0.1, 0.15) is 11.1 Å². The molecule has 27 heavy (non-hydrogen) atoms. The fourth-order valence-electron chi connectivity index (χ4n) is 2.48. The zero-order valence-corrected chi connectivity index (χ0v) is 14.3. The number of hydrogen-bond acceptors (Lipinski definition) is 5. The van der Waals surface area contributed by atoms with Crippen molar-refractivity contribution in [2.24, 2.45) is 4.99 Å². The van der Waals surface area contributed by atoms with E-state index in [4.69, 9.17) is 4.74 Å². The van der Waals surface area contributed by atoms with Crippen molar-refractivity contribution in [3.63, 3.8) is 0 Å². The zero-order chi connectivity index (χ0) is 19.4. The molecule has 1 heterocycles. The molecule has 0 aliphatic heterocycles. The average Bonchev–Trinajstić information content (AvgIpc) is 2.66. The van der Waals surface area contributed by atoms with E-state index in [0.717, 1.165) is 10.8 Å². The third kappa shape index (κ3) is 3.95. The SMILES string of the molecule is COc1ccccc1N=Cc1c(O)n(Cc2ccc(F)cc2)c(=O)[nH]c1=O. The van der Waals surface area contributed by atoms with Gasteiger partial charge in [-0.2, -0.15) is 0 Å². The molecule has 3 aromatic rings. The summed E-state index contributed by atoms with van der Waals surface area (Å²) < 4.78 is 19.2. The minimum absolute atomic E-state index is 0.0444. The Labute approximate surface area is 153 Å². The maximum Gasteiger partial charge on any atom is 0.331 e. The Kier molecular flexibility index (Phi) is 5.16. The molecule has 0 fully saturated rings. The van der Waals surface area contributed by atoms with Crippen molar-refractivity contribution in [3.05, 3.63) is 86.3 Å². The lowest BCUT2D eigenvalue weighted by Crippen LogP contribution is -2.32. The number of nitrogens with one attached hydrogen (secondary N) is 1. The molecule has 3 rings (SSSR count). The van der Waals surface area contributed by atoms with Gasteiger partial charge in [-0.15, -0.1) is 0 Å². The highest BCUT2D eigenvalue weighted by atomic mass is 19.1. The number of halogens is 1. The molecule has 0 unspecified atom stereocenters. The van der Waals surface area contributed by atoms with Crippen LogP contribution in [-0.2, 0) is 6.54 Å². The van der Waals surface area contributed by atoms with Crippen LogP contribution >= 0.6 is 0 Å². The van der Waals surface area contributed by atoms with Crippen LogP contribution in [0.3, 0.4) is 0 Å². The van der Waals surface area contributed by atoms with E-state index >= 15 is 0 Å². The average molecular weight is 369 g/mol. The van der Waals surface area contributed by atoms with E-state index in [0.29, 0.717) is 17.0 Å². The number of para-hydroxylation sites is 2. The Balaban J connectivity index is 2.01. The summed E-state index contributed by atoms with van der Waals surface area (Å²) in [6, 6.07) is 12.3. The second-order valence-corrected chi connectivity index (χ2v) is 5.64. The number of aromatic nitrogens is 2. The van der Waals surface area contributed by atoms with Crippen molar-refractivity contribution in [1.82, 2.24) is 9.55 Å². The van der Waals surface area contributed by atoms with Crippen LogP contribution in [0.2, 0.25) is 0 Å². The van der Waals surface area contributed by atoms with Crippen LogP contribution in [-0.4, -0.2) is 28.0 Å². The van der Waals surface area contributed by atoms with Crippen LogP contribution in [0, 0.1) is 5.82 Å². The quantitative estimate of drug-likeness (QED) is 0.674. The monoisotopic (exact) mass is 369 g/mol. The molecule has 0 saturated carbocycles. The number of aromatic hydroxyl groups is 1. The van der Waals surface area contributed by atoms with Gasteiger partial charge in [-0.3, -0.25) is 19.3 Å². The van der Waals surface area contributed by atoms with Gasteiger partial charge in [0.25, 0.3) is 5.56 Å². The van der Waals surface area contributed by atoms with Crippen molar-refractivity contribution >= 4 is 11.9 Å². The summed E-state index contributed by atoms with van der Waals surface area (Å²) in [6.07, 6.45) is 1.16. The lowest BCUT2D eigenvalue weighted by atomic mass is 10.2. The van der Waals surface area contributed by atoms with E-state index in [9.17, 15) is 19.1 Å². The number of rotatable bonds is 5. The fourth-order valence-corrected chi connectivity index (χ4v) is 2.48. The number of aromatic amines is 1. The topological polar surface area (TPSA) is 96.7 Å². The number of hydrogen-bond donors (Lipinski definition) is 2. The van der Waals surface area contributed by atoms with Crippen molar-refractivity contribution in [2.75, 3.05) is 7.11 Å². The van der Waals surface area contributed by atoms with Gasteiger partial charge in [0.15, 0.2) is 0 Å². The number of nitrogens with zero attached hydrogens (tertiary/aromatic N) is 2. The van der Waals surface area contributed by atoms with Gasteiger partial charge in [0.2, 0.25) is 5.88 Å². The van der Waals surface area contributed by atoms with Crippen LogP contribution in [0.4, 0.5) is 10.1 Å². The summed E-state index contributed by atoms with van der Waals surface area (Å²) >= 11 is 0. The van der Waals surface area contributed by atoms with E-state index in [-0.39, 0.29) is 12.1 Å². The number of methoxy groups -OCH3 is 1. The second kappa shape index (κ2) is 7.69. The lowest BCUT2D eigenvalue weighted by Gasteiger charge is -2.10. The molecule has 7 nitrogen and oxygen atoms in total. The Bertz CT molecular complexity index is 1100. The first-order valence-electron chi connectivity index (χ1n) is 7.97. The van der Waals surface area contributed by atoms with Crippen molar-refractivity contribution in [1.29, 1.82) is 0 Å². The smallest absolute Gasteiger partial charge is 0.331 e. The predicted octanol–water partition coefficient (Wildman–Crippen LogP) is 2.19. The molecule has 0 spiro atoms. The zero-order valence-electron chi connectivity index (χ0n) is 14.3. The number of ether oxygens (including phenoxy) is 1. The maximum atomic E-state index is 13.0. The normalized spacial score (nSPS) is 11.0. The molecule has 0 aliphatic rings. The highest BCUT2D eigenvalue weighted by Gasteiger charge is 2.13. The summed E-state index contributed by atoms with van der Waals surface area (Å²) in [5.74, 6) is -0.461. The van der Waals surface area contributed by atoms with Crippen LogP contribution in [0.15, 0.2) is 63.1 Å². The number of aliphatic imine (C=N–C) groups is 1. The van der Waals surface area contributed by atoms with Gasteiger partial charge in [-0.05, 0) is 29.8 Å². The fraction of sp³-hybridized carbons (Fsp3) is 0.105. The molecule has 0 atom stereocenters. The Morgan fingerprint density at radius 1 is 1.19 bits per heavy atom. The predicted molar refractivity (Wildman–Crippen MR) is 98.7 cm³/mol. The minimum Gasteiger partial charge on any atom is -0.494 e. The third-order valence-electron chi connectivity index (χ3n) is 3.88. The Morgan fingerprint density at radius 2 is 1.89 bits per heavy atom. The first-order chi connectivity index (χ1) is 13.0. The molecule has 0 bridgehead atoms. The highest BCUT2D eigenvalue weighted by Crippen LogP contribution is 2.26. The van der Waals surface area contributed by atoms with Gasteiger partial charge in [-0.25, -0.2) is 9.18 Å². The van der Waals surface area contributed by atoms with Crippen molar-refractivity contribution < 1.29 is 14.2 Å². The molecule has 0 aliphatic carbocycles. The standard InChI is InChI=1S/C19H16FN3O4/c1-27-16-5-3-2-4-15(16)21-10-14-17(24)22-19(26)23(18(14)25)11-12-6-8-13(20)9-7-12/h2-10,25H,11H2,1H3,(H,22,24,26). The summed E-state index contributed by atoms with van der Waals surface area (Å²) in [6.45, 7) is -0.0444. The second-order valence-electron chi connectivity index (χ2n) is 5.64. The van der Waals surface area contributed by atoms with Gasteiger partial charge in [-0.1, -0.05) is 24.3 Å². The van der Waals surface area contributed by atoms with E-state index in [1.807, 2.05) is 0 Å². The summed E-state index contributed by atoms with van der Waals surface area (Å²) in [5.41, 5.74) is -0.700. The summed E-state index contributed by atoms with van der Waals surface area (Å²) in [7, 11) is 1.49. The molecule has 1 aromatic heterocycles. The first kappa shape index (κ1) is 18.1. The highest BCUT2D eigenvalue weighted by molar-refractivity contribution is 5.84. The largest absolute Gasteiger partial charge is 0.494 e. The molecule has 138 valence electrons. The van der Waals surface area contributed by atoms with Crippen LogP contribution in [0.25, 0.3) is 0 Å². The van der Waals surface area contributed by atoms with E-state index < -0.39 is 22.9 Å². The third-order valence-corrected chi connectivity index (χ3v) is 3.88. The van der Waals surface area contributed by atoms with Crippen molar-refractivity contribution in [3.8, 4) is 11.6 Å². The number of H-pyrrole nitrogens is 1. The molecule has 2 aromatic carbocycles. The Hall–Kier alpha value is -3.68. The maximum absolute atomic E-state index is 13.0. The minimum atomic E-state index is -0.781. The first-order valence-corrected chi connectivity index (χ1v) is 7.97. The molecular formula is C19H16FN3O4. The van der Waals surface area contributed by atoms with Gasteiger partial charge >= 0.3 is 5.69 Å². The molecule has 0 amide bonds. The van der Waals surface area contributed by atoms with Gasteiger partial charge in [0.1, 0.15) is 22.8 Å². The summed E-state index contributed by atoms with van der Waals surface area (Å²) in [5, 5.41) is 10.4. The van der Waals surface area contributed by atoms with Crippen LogP contribution < -0.4 is 16.0 Å². The van der Waals surface area contributed by atoms with E-state index in [1.54, 1.807) is 24.3 Å². The van der Waals surface area contributed by atoms with Gasteiger partial charge in [0.05, 0.1) is 13.7 Å². The molecule has 8 heteroatoms. The Morgan fingerprint density at radius 3 is 2.59 bits per heavy atom. The molecule has 0 saturated heterocycles. The lowest BCUT2D eigenvalue weighted by molar-refractivity contribution is 0.408. The van der Waals surface area contributed by atoms with E-state index in [1.165, 1.54) is 31.4 Å². The van der Waals surface area contributed by atoms with E-state index in [2.05, 4.69) is 9.98 Å². The molecular weight excluding hydrogens is 353 g/mol. The number of benzene rings is 2. The van der Waals surface area contributed by atoms with Gasteiger partial charge < -0.3 is 9.84 Å². The summed E-state index contributed by atoms with van der Waals surface area (Å²) in [4.78, 5) is 30.5.